The van der Waals surface area contributed by atoms with E-state index >= 15 is 0 Å². The van der Waals surface area contributed by atoms with Crippen LogP contribution in [0.4, 0.5) is 10.1 Å². The minimum atomic E-state index is -0.497. The maximum absolute atomic E-state index is 13.3. The van der Waals surface area contributed by atoms with Crippen molar-refractivity contribution in [3.8, 4) is 5.75 Å². The number of aromatic nitrogens is 3. The fourth-order valence-electron chi connectivity index (χ4n) is 2.96. The number of rotatable bonds is 9. The molecule has 0 saturated heterocycles. The minimum Gasteiger partial charge on any atom is -0.481 e. The van der Waals surface area contributed by atoms with Crippen LogP contribution in [-0.4, -0.2) is 32.2 Å². The Labute approximate surface area is 194 Å². The van der Waals surface area contributed by atoms with E-state index < -0.39 is 11.9 Å². The van der Waals surface area contributed by atoms with Crippen molar-refractivity contribution < 1.29 is 18.7 Å². The number of thioether (sulfide) groups is 1. The predicted octanol–water partition coefficient (Wildman–Crippen LogP) is 5.16. The quantitative estimate of drug-likeness (QED) is 0.339. The second-order valence-electron chi connectivity index (χ2n) is 6.89. The lowest BCUT2D eigenvalue weighted by atomic mass is 10.1. The number of carbonyl (C=O) groups excluding carboxylic acids is 2. The zero-order valence-corrected chi connectivity index (χ0v) is 19.3. The van der Waals surface area contributed by atoms with Gasteiger partial charge in [-0.2, -0.15) is 0 Å². The topological polar surface area (TPSA) is 86.1 Å². The Hall–Kier alpha value is -2.91. The van der Waals surface area contributed by atoms with Crippen LogP contribution in [0.3, 0.4) is 0 Å². The van der Waals surface area contributed by atoms with Gasteiger partial charge in [-0.1, -0.05) is 35.5 Å². The summed E-state index contributed by atoms with van der Waals surface area (Å²) in [5, 5.41) is 11.9. The molecule has 0 saturated carbocycles. The van der Waals surface area contributed by atoms with Crippen molar-refractivity contribution >= 4 is 40.7 Å². The highest BCUT2D eigenvalue weighted by atomic mass is 35.5. The van der Waals surface area contributed by atoms with Crippen LogP contribution in [-0.2, 0) is 11.3 Å². The van der Waals surface area contributed by atoms with E-state index in [1.54, 1.807) is 31.2 Å². The van der Waals surface area contributed by atoms with Gasteiger partial charge in [0.25, 0.3) is 0 Å². The number of nitrogens with one attached hydrogen (secondary N) is 1. The van der Waals surface area contributed by atoms with Crippen molar-refractivity contribution in [1.29, 1.82) is 0 Å². The minimum absolute atomic E-state index is 0.0719. The summed E-state index contributed by atoms with van der Waals surface area (Å²) in [6.45, 7) is 5.76. The first-order valence-corrected chi connectivity index (χ1v) is 11.2. The van der Waals surface area contributed by atoms with E-state index in [4.69, 9.17) is 16.3 Å². The Balaban J connectivity index is 1.64. The maximum atomic E-state index is 13.3. The summed E-state index contributed by atoms with van der Waals surface area (Å²) < 4.78 is 20.9. The summed E-state index contributed by atoms with van der Waals surface area (Å²) in [4.78, 5) is 23.9. The second-order valence-corrected chi connectivity index (χ2v) is 8.24. The van der Waals surface area contributed by atoms with Crippen molar-refractivity contribution in [2.45, 2.75) is 38.6 Å². The molecule has 1 heterocycles. The molecule has 7 nitrogen and oxygen atoms in total. The molecular weight excluding hydrogens is 455 g/mol. The molecule has 3 rings (SSSR count). The summed E-state index contributed by atoms with van der Waals surface area (Å²) in [6.07, 6.45) is -0.497. The van der Waals surface area contributed by atoms with Gasteiger partial charge in [-0.15, -0.1) is 10.2 Å². The third kappa shape index (κ3) is 5.86. The molecule has 0 bridgehead atoms. The molecule has 0 aliphatic heterocycles. The number of hydrogen-bond donors (Lipinski definition) is 1. The average Bonchev–Trinajstić information content (AvgIpc) is 3.17. The van der Waals surface area contributed by atoms with E-state index in [9.17, 15) is 14.0 Å². The fraction of sp³-hybridized carbons (Fsp3) is 0.273. The van der Waals surface area contributed by atoms with Gasteiger partial charge in [-0.3, -0.25) is 9.59 Å². The molecule has 2 aromatic carbocycles. The second kappa shape index (κ2) is 10.6. The van der Waals surface area contributed by atoms with E-state index in [2.05, 4.69) is 15.5 Å². The first kappa shape index (κ1) is 23.7. The summed E-state index contributed by atoms with van der Waals surface area (Å²) in [7, 11) is 0. The number of halogens is 2. The summed E-state index contributed by atoms with van der Waals surface area (Å²) in [5.41, 5.74) is 1.08. The van der Waals surface area contributed by atoms with Crippen LogP contribution in [0.25, 0.3) is 0 Å². The number of anilines is 1. The molecule has 168 valence electrons. The van der Waals surface area contributed by atoms with Crippen molar-refractivity contribution in [2.24, 2.45) is 0 Å². The Morgan fingerprint density at radius 1 is 1.25 bits per heavy atom. The fourth-order valence-corrected chi connectivity index (χ4v) is 3.98. The largest absolute Gasteiger partial charge is 0.481 e. The molecule has 1 N–H and O–H groups in total. The molecule has 1 unspecified atom stereocenters. The molecule has 0 spiro atoms. The molecule has 0 aliphatic carbocycles. The number of ketones is 1. The third-order valence-electron chi connectivity index (χ3n) is 4.51. The number of hydrogen-bond acceptors (Lipinski definition) is 6. The van der Waals surface area contributed by atoms with Gasteiger partial charge in [0, 0.05) is 17.8 Å². The summed E-state index contributed by atoms with van der Waals surface area (Å²) in [5.74, 6) is 0.262. The highest BCUT2D eigenvalue weighted by Crippen LogP contribution is 2.30. The average molecular weight is 477 g/mol. The lowest BCUT2D eigenvalue weighted by Gasteiger charge is -2.16. The number of ether oxygens (including phenoxy) is 1. The molecule has 10 heteroatoms. The van der Waals surface area contributed by atoms with Crippen LogP contribution in [0, 0.1) is 5.82 Å². The van der Waals surface area contributed by atoms with Gasteiger partial charge < -0.3 is 14.6 Å². The highest BCUT2D eigenvalue weighted by molar-refractivity contribution is 7.99. The third-order valence-corrected chi connectivity index (χ3v) is 5.77. The lowest BCUT2D eigenvalue weighted by molar-refractivity contribution is -0.113. The Bertz CT molecular complexity index is 1140. The lowest BCUT2D eigenvalue weighted by Crippen LogP contribution is -2.15. The molecule has 0 radical (unpaired) electrons. The summed E-state index contributed by atoms with van der Waals surface area (Å²) >= 11 is 7.28. The van der Waals surface area contributed by atoms with Crippen molar-refractivity contribution in [1.82, 2.24) is 14.8 Å². The molecule has 3 aromatic rings. The molecule has 1 amide bonds. The van der Waals surface area contributed by atoms with Gasteiger partial charge in [0.2, 0.25) is 5.91 Å². The number of carbonyl (C=O) groups is 2. The first-order valence-electron chi connectivity index (χ1n) is 9.87. The standard InChI is InChI=1S/C22H22ClFN4O3S/c1-4-28-21(14(3)31-19-9-8-16(24)11-18(19)23)26-27-22(28)32-12-20(30)25-17-7-5-6-15(10-17)13(2)29/h5-11,14H,4,12H2,1-3H3,(H,25,30). The van der Waals surface area contributed by atoms with Gasteiger partial charge in [0.05, 0.1) is 10.8 Å². The monoisotopic (exact) mass is 476 g/mol. The number of nitrogens with zero attached hydrogens (tertiary/aromatic N) is 3. The van der Waals surface area contributed by atoms with Gasteiger partial charge in [0.1, 0.15) is 11.6 Å². The van der Waals surface area contributed by atoms with Crippen LogP contribution < -0.4 is 10.1 Å². The zero-order valence-electron chi connectivity index (χ0n) is 17.8. The van der Waals surface area contributed by atoms with Crippen LogP contribution in [0.2, 0.25) is 5.02 Å². The van der Waals surface area contributed by atoms with E-state index in [0.29, 0.717) is 34.5 Å². The summed E-state index contributed by atoms with van der Waals surface area (Å²) in [6, 6.07) is 10.7. The molecular formula is C22H22ClFN4O3S. The number of Topliss-reactive ketones (excluding diaryl/α,β-unsaturated/α-hetero) is 1. The SMILES string of the molecule is CCn1c(SCC(=O)Nc2cccc(C(C)=O)c2)nnc1C(C)Oc1ccc(F)cc1Cl. The van der Waals surface area contributed by atoms with Crippen LogP contribution in [0.5, 0.6) is 5.75 Å². The van der Waals surface area contributed by atoms with Gasteiger partial charge >= 0.3 is 0 Å². The van der Waals surface area contributed by atoms with Gasteiger partial charge in [-0.25, -0.2) is 4.39 Å². The van der Waals surface area contributed by atoms with Crippen LogP contribution in [0.1, 0.15) is 43.1 Å². The van der Waals surface area contributed by atoms with E-state index in [1.807, 2.05) is 11.5 Å². The Morgan fingerprint density at radius 3 is 2.72 bits per heavy atom. The normalized spacial score (nSPS) is 11.8. The van der Waals surface area contributed by atoms with E-state index in [0.717, 1.165) is 0 Å². The van der Waals surface area contributed by atoms with Crippen LogP contribution >= 0.6 is 23.4 Å². The van der Waals surface area contributed by atoms with Crippen LogP contribution in [0.15, 0.2) is 47.6 Å². The predicted molar refractivity (Wildman–Crippen MR) is 122 cm³/mol. The Kier molecular flexibility index (Phi) is 7.87. The first-order chi connectivity index (χ1) is 15.3. The maximum Gasteiger partial charge on any atom is 0.234 e. The smallest absolute Gasteiger partial charge is 0.234 e. The van der Waals surface area contributed by atoms with Gasteiger partial charge in [-0.05, 0) is 51.1 Å². The molecule has 1 atom stereocenters. The van der Waals surface area contributed by atoms with E-state index in [-0.39, 0.29) is 22.5 Å². The highest BCUT2D eigenvalue weighted by Gasteiger charge is 2.20. The Morgan fingerprint density at radius 2 is 2.03 bits per heavy atom. The molecule has 0 aliphatic rings. The number of benzene rings is 2. The van der Waals surface area contributed by atoms with Crippen molar-refractivity contribution in [2.75, 3.05) is 11.1 Å². The molecule has 0 fully saturated rings. The van der Waals surface area contributed by atoms with E-state index in [1.165, 1.54) is 36.9 Å². The van der Waals surface area contributed by atoms with Crippen molar-refractivity contribution in [3.63, 3.8) is 0 Å². The molecule has 32 heavy (non-hydrogen) atoms. The van der Waals surface area contributed by atoms with Crippen molar-refractivity contribution in [3.05, 3.63) is 64.7 Å². The van der Waals surface area contributed by atoms with Gasteiger partial charge in [0.15, 0.2) is 22.9 Å². The number of amides is 1. The zero-order chi connectivity index (χ0) is 23.3. The molecule has 1 aromatic heterocycles.